The molecule has 2 aliphatic rings. The van der Waals surface area contributed by atoms with Crippen LogP contribution < -0.4 is 11.1 Å². The SMILES string of the molecule is CCCCNc1nc(N)nc2c1C(O)N(Cc1ccc(CN3CCN(C(=O)OC)CC3)cc1)C=C2. The zero-order valence-corrected chi connectivity index (χ0v) is 20.5. The van der Waals surface area contributed by atoms with E-state index in [0.717, 1.165) is 44.6 Å². The zero-order chi connectivity index (χ0) is 24.8. The predicted octanol–water partition coefficient (Wildman–Crippen LogP) is 2.63. The number of ether oxygens (including phenoxy) is 1. The van der Waals surface area contributed by atoms with Crippen LogP contribution in [0.25, 0.3) is 6.08 Å². The van der Waals surface area contributed by atoms with E-state index in [1.807, 2.05) is 17.2 Å². The normalized spacial score (nSPS) is 17.9. The molecule has 1 aromatic carbocycles. The first kappa shape index (κ1) is 24.7. The first-order valence-corrected chi connectivity index (χ1v) is 12.1. The lowest BCUT2D eigenvalue weighted by Crippen LogP contribution is -2.48. The van der Waals surface area contributed by atoms with Crippen molar-refractivity contribution in [1.29, 1.82) is 0 Å². The number of unbranched alkanes of at least 4 members (excludes halogenated alkanes) is 1. The average molecular weight is 482 g/mol. The topological polar surface area (TPSA) is 120 Å². The number of benzene rings is 1. The Morgan fingerprint density at radius 2 is 1.83 bits per heavy atom. The van der Waals surface area contributed by atoms with Gasteiger partial charge >= 0.3 is 6.09 Å². The maximum Gasteiger partial charge on any atom is 0.409 e. The smallest absolute Gasteiger partial charge is 0.409 e. The molecule has 2 aromatic rings. The Morgan fingerprint density at radius 3 is 2.49 bits per heavy atom. The highest BCUT2D eigenvalue weighted by Crippen LogP contribution is 2.33. The number of rotatable bonds is 8. The van der Waals surface area contributed by atoms with Gasteiger partial charge in [0.1, 0.15) is 5.82 Å². The predicted molar refractivity (Wildman–Crippen MR) is 135 cm³/mol. The summed E-state index contributed by atoms with van der Waals surface area (Å²) in [5.74, 6) is 0.779. The number of aromatic nitrogens is 2. The number of carbonyl (C=O) groups is 1. The van der Waals surface area contributed by atoms with Crippen molar-refractivity contribution in [2.24, 2.45) is 0 Å². The molecule has 188 valence electrons. The number of fused-ring (bicyclic) bond motifs is 1. The number of anilines is 2. The number of hydrogen-bond acceptors (Lipinski definition) is 9. The summed E-state index contributed by atoms with van der Waals surface area (Å²) in [6, 6.07) is 8.43. The minimum Gasteiger partial charge on any atom is -0.453 e. The van der Waals surface area contributed by atoms with Crippen LogP contribution in [0.3, 0.4) is 0 Å². The van der Waals surface area contributed by atoms with Gasteiger partial charge in [0.05, 0.1) is 18.4 Å². The number of nitrogens with zero attached hydrogens (tertiary/aromatic N) is 5. The average Bonchev–Trinajstić information content (AvgIpc) is 2.86. The second kappa shape index (κ2) is 11.4. The molecular weight excluding hydrogens is 446 g/mol. The van der Waals surface area contributed by atoms with Crippen molar-refractivity contribution in [3.05, 3.63) is 52.8 Å². The number of nitrogens with one attached hydrogen (secondary N) is 1. The van der Waals surface area contributed by atoms with Gasteiger partial charge in [0, 0.05) is 52.0 Å². The van der Waals surface area contributed by atoms with Gasteiger partial charge in [-0.05, 0) is 23.6 Å². The number of piperazine rings is 1. The fourth-order valence-corrected chi connectivity index (χ4v) is 4.39. The Balaban J connectivity index is 1.36. The Hall–Kier alpha value is -3.37. The van der Waals surface area contributed by atoms with Gasteiger partial charge in [0.25, 0.3) is 0 Å². The summed E-state index contributed by atoms with van der Waals surface area (Å²) in [5, 5.41) is 14.4. The van der Waals surface area contributed by atoms with Gasteiger partial charge < -0.3 is 30.7 Å². The van der Waals surface area contributed by atoms with Crippen LogP contribution in [0.5, 0.6) is 0 Å². The van der Waals surface area contributed by atoms with E-state index in [2.05, 4.69) is 51.4 Å². The van der Waals surface area contributed by atoms with Crippen molar-refractivity contribution < 1.29 is 14.6 Å². The van der Waals surface area contributed by atoms with Crippen molar-refractivity contribution in [2.75, 3.05) is 50.9 Å². The van der Waals surface area contributed by atoms with E-state index in [-0.39, 0.29) is 12.0 Å². The summed E-state index contributed by atoms with van der Waals surface area (Å²) in [5.41, 5.74) is 9.48. The van der Waals surface area contributed by atoms with Crippen LogP contribution in [-0.2, 0) is 17.8 Å². The molecule has 0 saturated carbocycles. The highest BCUT2D eigenvalue weighted by Gasteiger charge is 2.27. The first-order chi connectivity index (χ1) is 17.0. The molecule has 0 spiro atoms. The van der Waals surface area contributed by atoms with Crippen LogP contribution in [0.2, 0.25) is 0 Å². The second-order valence-electron chi connectivity index (χ2n) is 8.92. The minimum absolute atomic E-state index is 0.190. The molecule has 0 aliphatic carbocycles. The van der Waals surface area contributed by atoms with Gasteiger partial charge in [0.15, 0.2) is 6.23 Å². The van der Waals surface area contributed by atoms with Crippen molar-refractivity contribution in [1.82, 2.24) is 24.7 Å². The molecule has 4 rings (SSSR count). The Morgan fingerprint density at radius 1 is 1.14 bits per heavy atom. The highest BCUT2D eigenvalue weighted by atomic mass is 16.5. The number of aliphatic hydroxyl groups is 1. The van der Waals surface area contributed by atoms with Crippen molar-refractivity contribution in [3.63, 3.8) is 0 Å². The lowest BCUT2D eigenvalue weighted by molar-refractivity contribution is 0.0296. The van der Waals surface area contributed by atoms with Gasteiger partial charge in [-0.1, -0.05) is 37.6 Å². The van der Waals surface area contributed by atoms with Crippen LogP contribution in [0.15, 0.2) is 30.5 Å². The summed E-state index contributed by atoms with van der Waals surface area (Å²) >= 11 is 0. The Kier molecular flexibility index (Phi) is 8.04. The fraction of sp³-hybridized carbons (Fsp3) is 0.480. The molecule has 1 aromatic heterocycles. The number of nitrogens with two attached hydrogens (primary N) is 1. The summed E-state index contributed by atoms with van der Waals surface area (Å²) in [6.45, 7) is 7.27. The molecule has 3 heterocycles. The van der Waals surface area contributed by atoms with Crippen LogP contribution in [0.1, 0.15) is 48.4 Å². The molecule has 10 heteroatoms. The third kappa shape index (κ3) is 6.01. The van der Waals surface area contributed by atoms with Crippen LogP contribution in [-0.4, -0.2) is 75.7 Å². The molecule has 4 N–H and O–H groups in total. The molecule has 35 heavy (non-hydrogen) atoms. The van der Waals surface area contributed by atoms with Crippen LogP contribution in [0.4, 0.5) is 16.6 Å². The summed E-state index contributed by atoms with van der Waals surface area (Å²) in [4.78, 5) is 26.2. The summed E-state index contributed by atoms with van der Waals surface area (Å²) in [6.07, 6.45) is 4.65. The number of nitrogen functional groups attached to an aromatic ring is 1. The van der Waals surface area contributed by atoms with Crippen LogP contribution >= 0.6 is 0 Å². The third-order valence-corrected chi connectivity index (χ3v) is 6.41. The van der Waals surface area contributed by atoms with E-state index in [0.29, 0.717) is 36.7 Å². The Bertz CT molecular complexity index is 1040. The van der Waals surface area contributed by atoms with Crippen molar-refractivity contribution in [3.8, 4) is 0 Å². The molecule has 1 atom stereocenters. The quantitative estimate of drug-likeness (QED) is 0.489. The Labute approximate surface area is 206 Å². The number of methoxy groups -OCH3 is 1. The van der Waals surface area contributed by atoms with Gasteiger partial charge in [-0.2, -0.15) is 4.98 Å². The number of amides is 1. The molecule has 0 bridgehead atoms. The maximum absolute atomic E-state index is 11.7. The van der Waals surface area contributed by atoms with Crippen molar-refractivity contribution in [2.45, 2.75) is 39.1 Å². The maximum atomic E-state index is 11.7. The molecule has 0 radical (unpaired) electrons. The zero-order valence-electron chi connectivity index (χ0n) is 20.5. The van der Waals surface area contributed by atoms with Gasteiger partial charge in [0.2, 0.25) is 5.95 Å². The monoisotopic (exact) mass is 481 g/mol. The van der Waals surface area contributed by atoms with E-state index in [1.165, 1.54) is 12.7 Å². The lowest BCUT2D eigenvalue weighted by Gasteiger charge is -2.34. The molecule has 2 aliphatic heterocycles. The van der Waals surface area contributed by atoms with E-state index < -0.39 is 6.23 Å². The minimum atomic E-state index is -0.870. The largest absolute Gasteiger partial charge is 0.453 e. The van der Waals surface area contributed by atoms with Gasteiger partial charge in [-0.15, -0.1) is 0 Å². The second-order valence-corrected chi connectivity index (χ2v) is 8.92. The van der Waals surface area contributed by atoms with E-state index in [9.17, 15) is 9.90 Å². The molecular formula is C25H35N7O3. The molecule has 1 fully saturated rings. The number of aliphatic hydroxyl groups excluding tert-OH is 1. The lowest BCUT2D eigenvalue weighted by atomic mass is 10.1. The molecule has 1 unspecified atom stereocenters. The van der Waals surface area contributed by atoms with Gasteiger partial charge in [-0.25, -0.2) is 9.78 Å². The molecule has 10 nitrogen and oxygen atoms in total. The summed E-state index contributed by atoms with van der Waals surface area (Å²) < 4.78 is 4.81. The van der Waals surface area contributed by atoms with E-state index >= 15 is 0 Å². The summed E-state index contributed by atoms with van der Waals surface area (Å²) in [7, 11) is 1.42. The third-order valence-electron chi connectivity index (χ3n) is 6.41. The van der Waals surface area contributed by atoms with Crippen LogP contribution in [0, 0.1) is 0 Å². The molecule has 1 saturated heterocycles. The highest BCUT2D eigenvalue weighted by molar-refractivity contribution is 5.67. The first-order valence-electron chi connectivity index (χ1n) is 12.1. The number of carbonyl (C=O) groups excluding carboxylic acids is 1. The number of hydrogen-bond donors (Lipinski definition) is 3. The van der Waals surface area contributed by atoms with Crippen molar-refractivity contribution >= 4 is 23.9 Å². The van der Waals surface area contributed by atoms with E-state index in [4.69, 9.17) is 10.5 Å². The van der Waals surface area contributed by atoms with Gasteiger partial charge in [-0.3, -0.25) is 4.90 Å². The molecule has 1 amide bonds. The standard InChI is InChI=1S/C25H35N7O3/c1-3-4-10-27-22-21-20(28-24(26)29-22)9-11-32(23(21)33)17-19-7-5-18(6-8-19)16-30-12-14-31(15-13-30)25(34)35-2/h5-9,11,23,33H,3-4,10,12-17H2,1-2H3,(H3,26,27,28,29). The fourth-order valence-electron chi connectivity index (χ4n) is 4.39. The van der Waals surface area contributed by atoms with E-state index in [1.54, 1.807) is 4.90 Å².